The van der Waals surface area contributed by atoms with Crippen LogP contribution in [0.2, 0.25) is 0 Å². The van der Waals surface area contributed by atoms with Gasteiger partial charge in [0.05, 0.1) is 18.2 Å². The number of carboxylic acids is 1. The molecule has 11 heteroatoms. The summed E-state index contributed by atoms with van der Waals surface area (Å²) in [6, 6.07) is 21.4. The predicted octanol–water partition coefficient (Wildman–Crippen LogP) is 1.41. The van der Waals surface area contributed by atoms with E-state index in [-0.39, 0.29) is 12.8 Å². The fourth-order valence-corrected chi connectivity index (χ4v) is 5.09. The highest BCUT2D eigenvalue weighted by Crippen LogP contribution is 2.18. The molecule has 11 nitrogen and oxygen atoms in total. The standard InChI is InChI=1S/C34H38N4O7/c1-19(39)29(33(43)38-30(20(2)40)34(44)45)37-32(42)28(18-22-12-14-24-8-4-6-10-26(24)16-22)36-31(41)27(35)17-21-11-13-23-7-3-5-9-25(23)15-21/h3-16,19-20,27-30,39-40H,17-18,35H2,1-2H3,(H,36,41)(H,37,42)(H,38,43)(H,44,45)/t19-,20-,27+,28+,29+,30+/m0/s1. The van der Waals surface area contributed by atoms with Crippen molar-refractivity contribution in [3.8, 4) is 0 Å². The molecule has 236 valence electrons. The second-order valence-electron chi connectivity index (χ2n) is 11.2. The van der Waals surface area contributed by atoms with Gasteiger partial charge in [-0.3, -0.25) is 14.4 Å². The Balaban J connectivity index is 1.55. The lowest BCUT2D eigenvalue weighted by atomic mass is 9.99. The second-order valence-corrected chi connectivity index (χ2v) is 11.2. The molecule has 0 unspecified atom stereocenters. The number of benzene rings is 4. The van der Waals surface area contributed by atoms with Crippen LogP contribution >= 0.6 is 0 Å². The minimum atomic E-state index is -1.67. The molecule has 4 aromatic carbocycles. The third-order valence-electron chi connectivity index (χ3n) is 7.60. The van der Waals surface area contributed by atoms with Crippen LogP contribution in [0.4, 0.5) is 0 Å². The highest BCUT2D eigenvalue weighted by atomic mass is 16.4. The quantitative estimate of drug-likeness (QED) is 0.118. The highest BCUT2D eigenvalue weighted by molar-refractivity contribution is 5.95. The molecule has 0 aliphatic carbocycles. The molecule has 4 rings (SSSR count). The third-order valence-corrected chi connectivity index (χ3v) is 7.60. The molecule has 8 N–H and O–H groups in total. The number of rotatable bonds is 13. The van der Waals surface area contributed by atoms with E-state index >= 15 is 0 Å². The van der Waals surface area contributed by atoms with Crippen LogP contribution in [0.1, 0.15) is 25.0 Å². The van der Waals surface area contributed by atoms with Crippen LogP contribution < -0.4 is 21.7 Å². The summed E-state index contributed by atoms with van der Waals surface area (Å²) >= 11 is 0. The lowest BCUT2D eigenvalue weighted by Gasteiger charge is -2.27. The maximum atomic E-state index is 13.6. The van der Waals surface area contributed by atoms with Gasteiger partial charge in [0.25, 0.3) is 0 Å². The van der Waals surface area contributed by atoms with Crippen molar-refractivity contribution in [3.05, 3.63) is 96.1 Å². The zero-order chi connectivity index (χ0) is 32.7. The van der Waals surface area contributed by atoms with Gasteiger partial charge in [-0.1, -0.05) is 84.9 Å². The van der Waals surface area contributed by atoms with Crippen molar-refractivity contribution in [2.24, 2.45) is 5.73 Å². The molecule has 0 fully saturated rings. The van der Waals surface area contributed by atoms with Crippen LogP contribution in [-0.4, -0.2) is 75.4 Å². The molecule has 6 atom stereocenters. The average Bonchev–Trinajstić information content (AvgIpc) is 3.01. The highest BCUT2D eigenvalue weighted by Gasteiger charge is 2.34. The van der Waals surface area contributed by atoms with Crippen LogP contribution in [-0.2, 0) is 32.0 Å². The number of amides is 3. The van der Waals surface area contributed by atoms with Gasteiger partial charge in [-0.25, -0.2) is 4.79 Å². The van der Waals surface area contributed by atoms with Crippen LogP contribution in [0.5, 0.6) is 0 Å². The van der Waals surface area contributed by atoms with Gasteiger partial charge in [-0.2, -0.15) is 0 Å². The van der Waals surface area contributed by atoms with Gasteiger partial charge in [0.2, 0.25) is 17.7 Å². The van der Waals surface area contributed by atoms with E-state index in [2.05, 4.69) is 16.0 Å². The number of aliphatic carboxylic acids is 1. The Kier molecular flexibility index (Phi) is 10.8. The zero-order valence-electron chi connectivity index (χ0n) is 25.0. The first kappa shape index (κ1) is 33.1. The smallest absolute Gasteiger partial charge is 0.328 e. The molecule has 0 aliphatic heterocycles. The number of nitrogens with one attached hydrogen (secondary N) is 3. The van der Waals surface area contributed by atoms with E-state index in [1.54, 1.807) is 0 Å². The molecule has 0 spiro atoms. The van der Waals surface area contributed by atoms with E-state index in [9.17, 15) is 34.5 Å². The van der Waals surface area contributed by atoms with Crippen molar-refractivity contribution in [1.29, 1.82) is 0 Å². The monoisotopic (exact) mass is 614 g/mol. The van der Waals surface area contributed by atoms with Crippen molar-refractivity contribution >= 4 is 45.2 Å². The van der Waals surface area contributed by atoms with E-state index in [1.807, 2.05) is 84.9 Å². The third kappa shape index (κ3) is 8.63. The van der Waals surface area contributed by atoms with Crippen LogP contribution in [0.25, 0.3) is 21.5 Å². The van der Waals surface area contributed by atoms with Gasteiger partial charge in [0, 0.05) is 6.42 Å². The first-order valence-electron chi connectivity index (χ1n) is 14.6. The fraction of sp³-hybridized carbons (Fsp3) is 0.294. The van der Waals surface area contributed by atoms with Gasteiger partial charge in [-0.05, 0) is 52.9 Å². The predicted molar refractivity (Wildman–Crippen MR) is 170 cm³/mol. The lowest BCUT2D eigenvalue weighted by molar-refractivity contribution is -0.146. The van der Waals surface area contributed by atoms with Crippen molar-refractivity contribution < 1.29 is 34.5 Å². The second kappa shape index (κ2) is 14.8. The van der Waals surface area contributed by atoms with E-state index in [0.717, 1.165) is 32.7 Å². The number of carbonyl (C=O) groups is 4. The average molecular weight is 615 g/mol. The molecule has 0 aromatic heterocycles. The van der Waals surface area contributed by atoms with Crippen molar-refractivity contribution in [2.45, 2.75) is 63.1 Å². The van der Waals surface area contributed by atoms with Gasteiger partial charge in [0.1, 0.15) is 12.1 Å². The minimum Gasteiger partial charge on any atom is -0.480 e. The van der Waals surface area contributed by atoms with Gasteiger partial charge in [0.15, 0.2) is 6.04 Å². The summed E-state index contributed by atoms with van der Waals surface area (Å²) in [6.45, 7) is 2.43. The number of nitrogens with two attached hydrogens (primary N) is 1. The summed E-state index contributed by atoms with van der Waals surface area (Å²) in [5.74, 6) is -3.90. The minimum absolute atomic E-state index is 0.0324. The van der Waals surface area contributed by atoms with Gasteiger partial charge >= 0.3 is 5.97 Å². The Morgan fingerprint density at radius 2 is 1.09 bits per heavy atom. The number of carboxylic acid groups (broad SMARTS) is 1. The normalized spacial score (nSPS) is 15.3. The number of aliphatic hydroxyl groups excluding tert-OH is 2. The summed E-state index contributed by atoms with van der Waals surface area (Å²) in [5, 5.41) is 40.7. The Morgan fingerprint density at radius 3 is 1.58 bits per heavy atom. The summed E-state index contributed by atoms with van der Waals surface area (Å²) < 4.78 is 0. The van der Waals surface area contributed by atoms with Crippen LogP contribution in [0, 0.1) is 0 Å². The zero-order valence-corrected chi connectivity index (χ0v) is 25.0. The molecule has 3 amide bonds. The molecule has 0 heterocycles. The molecular weight excluding hydrogens is 576 g/mol. The number of hydrogen-bond acceptors (Lipinski definition) is 7. The summed E-state index contributed by atoms with van der Waals surface area (Å²) in [5.41, 5.74) is 7.85. The van der Waals surface area contributed by atoms with E-state index in [0.29, 0.717) is 0 Å². The number of fused-ring (bicyclic) bond motifs is 2. The summed E-state index contributed by atoms with van der Waals surface area (Å²) in [7, 11) is 0. The van der Waals surface area contributed by atoms with Crippen molar-refractivity contribution in [2.75, 3.05) is 0 Å². The number of carbonyl (C=O) groups excluding carboxylic acids is 3. The fourth-order valence-electron chi connectivity index (χ4n) is 5.09. The number of aliphatic hydroxyl groups is 2. The Morgan fingerprint density at radius 1 is 0.622 bits per heavy atom. The van der Waals surface area contributed by atoms with Crippen LogP contribution in [0.3, 0.4) is 0 Å². The molecule has 45 heavy (non-hydrogen) atoms. The van der Waals surface area contributed by atoms with Gasteiger partial charge in [-0.15, -0.1) is 0 Å². The molecule has 0 bridgehead atoms. The molecule has 0 aliphatic rings. The van der Waals surface area contributed by atoms with Gasteiger partial charge < -0.3 is 37.0 Å². The SMILES string of the molecule is C[C@H](O)[C@@H](NC(=O)[C@H](NC(=O)[C@@H](Cc1ccc2ccccc2c1)NC(=O)[C@H](N)Cc1ccc2ccccc2c1)[C@H](C)O)C(=O)O. The lowest BCUT2D eigenvalue weighted by Crippen LogP contribution is -2.61. The number of hydrogen-bond donors (Lipinski definition) is 7. The first-order chi connectivity index (χ1) is 21.4. The molecule has 0 saturated heterocycles. The molecule has 0 saturated carbocycles. The molecule has 0 radical (unpaired) electrons. The van der Waals surface area contributed by atoms with Crippen LogP contribution in [0.15, 0.2) is 84.9 Å². The Bertz CT molecular complexity index is 1690. The Labute approximate surface area is 260 Å². The topological polar surface area (TPSA) is 191 Å². The summed E-state index contributed by atoms with van der Waals surface area (Å²) in [4.78, 5) is 51.4. The maximum absolute atomic E-state index is 13.6. The summed E-state index contributed by atoms with van der Waals surface area (Å²) in [6.07, 6.45) is -2.65. The maximum Gasteiger partial charge on any atom is 0.328 e. The Hall–Kier alpha value is -4.84. The van der Waals surface area contributed by atoms with E-state index < -0.39 is 60.1 Å². The van der Waals surface area contributed by atoms with E-state index in [1.165, 1.54) is 13.8 Å². The van der Waals surface area contributed by atoms with Crippen molar-refractivity contribution in [3.63, 3.8) is 0 Å². The van der Waals surface area contributed by atoms with E-state index in [4.69, 9.17) is 5.73 Å². The first-order valence-corrected chi connectivity index (χ1v) is 14.6. The largest absolute Gasteiger partial charge is 0.480 e. The molecule has 4 aromatic rings. The van der Waals surface area contributed by atoms with Crippen molar-refractivity contribution in [1.82, 2.24) is 16.0 Å². The molecular formula is C34H38N4O7.